The second kappa shape index (κ2) is 8.05. The maximum Gasteiger partial charge on any atom is 0.248 e. The Bertz CT molecular complexity index is 912. The van der Waals surface area contributed by atoms with Gasteiger partial charge in [-0.15, -0.1) is 0 Å². The summed E-state index contributed by atoms with van der Waals surface area (Å²) in [5.74, 6) is -0.687. The van der Waals surface area contributed by atoms with Crippen molar-refractivity contribution in [3.63, 3.8) is 0 Å². The summed E-state index contributed by atoms with van der Waals surface area (Å²) in [7, 11) is 0. The van der Waals surface area contributed by atoms with Crippen LogP contribution in [-0.4, -0.2) is 76.2 Å². The minimum absolute atomic E-state index is 0.0199. The molecule has 158 valence electrons. The monoisotopic (exact) mass is 410 g/mol. The van der Waals surface area contributed by atoms with Crippen LogP contribution in [0.2, 0.25) is 0 Å². The topological polar surface area (TPSA) is 137 Å². The Kier molecular flexibility index (Phi) is 5.45. The summed E-state index contributed by atoms with van der Waals surface area (Å²) >= 11 is 0. The molecule has 0 spiro atoms. The van der Waals surface area contributed by atoms with Crippen molar-refractivity contribution >= 4 is 17.7 Å². The SMILES string of the molecule is N#C[C@@H]1CCCN1C(=O)C(N)CN1CC2CC1C(=O)N2Cc1cccc(C(N)=O)c1. The predicted octanol–water partition coefficient (Wildman–Crippen LogP) is -0.588. The number of piperazine rings is 1. The number of fused-ring (bicyclic) bond motifs is 2. The van der Waals surface area contributed by atoms with Crippen LogP contribution in [0, 0.1) is 11.3 Å². The highest BCUT2D eigenvalue weighted by Gasteiger charge is 2.50. The number of rotatable bonds is 6. The summed E-state index contributed by atoms with van der Waals surface area (Å²) in [6.45, 7) is 1.96. The van der Waals surface area contributed by atoms with E-state index >= 15 is 0 Å². The first-order chi connectivity index (χ1) is 14.4. The molecule has 9 nitrogen and oxygen atoms in total. The summed E-state index contributed by atoms with van der Waals surface area (Å²) in [4.78, 5) is 42.4. The summed E-state index contributed by atoms with van der Waals surface area (Å²) < 4.78 is 0. The summed E-state index contributed by atoms with van der Waals surface area (Å²) in [5, 5.41) is 9.20. The molecule has 3 unspecified atom stereocenters. The number of carbonyl (C=O) groups excluding carboxylic acids is 3. The van der Waals surface area contributed by atoms with Gasteiger partial charge in [-0.05, 0) is 37.0 Å². The zero-order valence-corrected chi connectivity index (χ0v) is 16.7. The van der Waals surface area contributed by atoms with Gasteiger partial charge in [-0.3, -0.25) is 19.3 Å². The van der Waals surface area contributed by atoms with Crippen LogP contribution in [0.5, 0.6) is 0 Å². The fourth-order valence-electron chi connectivity index (χ4n) is 4.87. The zero-order valence-electron chi connectivity index (χ0n) is 16.7. The fourth-order valence-corrected chi connectivity index (χ4v) is 4.87. The number of likely N-dealkylation sites (tertiary alicyclic amines) is 3. The van der Waals surface area contributed by atoms with Gasteiger partial charge in [-0.2, -0.15) is 5.26 Å². The maximum atomic E-state index is 12.9. The molecule has 1 aromatic rings. The Morgan fingerprint density at radius 3 is 2.83 bits per heavy atom. The van der Waals surface area contributed by atoms with E-state index in [1.807, 2.05) is 15.9 Å². The van der Waals surface area contributed by atoms with E-state index in [2.05, 4.69) is 6.07 Å². The van der Waals surface area contributed by atoms with Crippen molar-refractivity contribution in [3.05, 3.63) is 35.4 Å². The van der Waals surface area contributed by atoms with Crippen LogP contribution in [0.25, 0.3) is 0 Å². The Morgan fingerprint density at radius 1 is 1.33 bits per heavy atom. The molecule has 3 saturated heterocycles. The van der Waals surface area contributed by atoms with Gasteiger partial charge in [0.05, 0.1) is 18.2 Å². The van der Waals surface area contributed by atoms with Gasteiger partial charge in [0.1, 0.15) is 6.04 Å². The minimum Gasteiger partial charge on any atom is -0.366 e. The van der Waals surface area contributed by atoms with Crippen LogP contribution in [0.1, 0.15) is 35.2 Å². The number of hydrogen-bond donors (Lipinski definition) is 2. The third kappa shape index (κ3) is 3.64. The molecule has 0 radical (unpaired) electrons. The van der Waals surface area contributed by atoms with Gasteiger partial charge >= 0.3 is 0 Å². The Hall–Kier alpha value is -2.96. The van der Waals surface area contributed by atoms with Crippen LogP contribution in [0.15, 0.2) is 24.3 Å². The highest BCUT2D eigenvalue weighted by molar-refractivity contribution is 5.93. The number of nitrogens with zero attached hydrogens (tertiary/aromatic N) is 4. The van der Waals surface area contributed by atoms with Crippen LogP contribution in [0.4, 0.5) is 0 Å². The molecular formula is C21H26N6O3. The molecule has 30 heavy (non-hydrogen) atoms. The molecule has 4 N–H and O–H groups in total. The molecule has 1 aromatic carbocycles. The molecule has 0 saturated carbocycles. The van der Waals surface area contributed by atoms with Crippen molar-refractivity contribution in [2.75, 3.05) is 19.6 Å². The molecule has 0 aliphatic carbocycles. The second-order valence-electron chi connectivity index (χ2n) is 8.32. The Labute approximate surface area is 175 Å². The Balaban J connectivity index is 1.37. The number of benzene rings is 1. The summed E-state index contributed by atoms with van der Waals surface area (Å²) in [6, 6.07) is 7.81. The van der Waals surface area contributed by atoms with E-state index in [1.54, 1.807) is 23.1 Å². The number of nitriles is 1. The highest BCUT2D eigenvalue weighted by atomic mass is 16.2. The average molecular weight is 410 g/mol. The number of hydrogen-bond acceptors (Lipinski definition) is 6. The smallest absolute Gasteiger partial charge is 0.248 e. The molecule has 3 fully saturated rings. The zero-order chi connectivity index (χ0) is 21.4. The van der Waals surface area contributed by atoms with Crippen LogP contribution in [-0.2, 0) is 16.1 Å². The first kappa shape index (κ1) is 20.3. The van der Waals surface area contributed by atoms with Crippen LogP contribution < -0.4 is 11.5 Å². The second-order valence-corrected chi connectivity index (χ2v) is 8.32. The van der Waals surface area contributed by atoms with Gasteiger partial charge in [0, 0.05) is 37.8 Å². The van der Waals surface area contributed by atoms with Crippen LogP contribution in [0.3, 0.4) is 0 Å². The molecule has 3 aliphatic heterocycles. The summed E-state index contributed by atoms with van der Waals surface area (Å²) in [6.07, 6.45) is 2.21. The standard InChI is InChI=1S/C21H26N6O3/c22-9-15-5-2-6-26(15)20(29)17(23)12-25-11-16-8-18(25)21(30)27(16)10-13-3-1-4-14(7-13)19(24)28/h1,3-4,7,15-18H,2,5-6,8,10-12,23H2,(H2,24,28)/t15-,16?,17?,18?/m0/s1. The van der Waals surface area contributed by atoms with Crippen molar-refractivity contribution < 1.29 is 14.4 Å². The molecule has 3 aliphatic rings. The van der Waals surface area contributed by atoms with Crippen molar-refractivity contribution in [2.24, 2.45) is 11.5 Å². The van der Waals surface area contributed by atoms with E-state index in [4.69, 9.17) is 11.5 Å². The van der Waals surface area contributed by atoms with Crippen molar-refractivity contribution in [1.29, 1.82) is 5.26 Å². The van der Waals surface area contributed by atoms with Gasteiger partial charge < -0.3 is 21.3 Å². The number of amides is 3. The lowest BCUT2D eigenvalue weighted by atomic mass is 10.1. The van der Waals surface area contributed by atoms with Gasteiger partial charge in [0.25, 0.3) is 0 Å². The van der Waals surface area contributed by atoms with Gasteiger partial charge in [-0.1, -0.05) is 12.1 Å². The number of carbonyl (C=O) groups is 3. The van der Waals surface area contributed by atoms with Gasteiger partial charge in [0.2, 0.25) is 17.7 Å². The molecule has 3 amide bonds. The lowest BCUT2D eigenvalue weighted by Crippen LogP contribution is -2.56. The molecule has 0 aromatic heterocycles. The Morgan fingerprint density at radius 2 is 2.13 bits per heavy atom. The van der Waals surface area contributed by atoms with E-state index in [9.17, 15) is 19.6 Å². The molecule has 2 bridgehead atoms. The summed E-state index contributed by atoms with van der Waals surface area (Å²) in [5.41, 5.74) is 12.8. The molecule has 4 rings (SSSR count). The lowest BCUT2D eigenvalue weighted by Gasteiger charge is -2.35. The van der Waals surface area contributed by atoms with Gasteiger partial charge in [-0.25, -0.2) is 0 Å². The maximum absolute atomic E-state index is 12.9. The third-order valence-corrected chi connectivity index (χ3v) is 6.39. The normalized spacial score (nSPS) is 26.8. The van der Waals surface area contributed by atoms with Crippen LogP contribution >= 0.6 is 0 Å². The third-order valence-electron chi connectivity index (χ3n) is 6.39. The quantitative estimate of drug-likeness (QED) is 0.643. The molecular weight excluding hydrogens is 384 g/mol. The van der Waals surface area contributed by atoms with Crippen molar-refractivity contribution in [3.8, 4) is 6.07 Å². The molecule has 3 heterocycles. The fraction of sp³-hybridized carbons (Fsp3) is 0.524. The van der Waals surface area contributed by atoms with E-state index in [0.29, 0.717) is 44.6 Å². The number of nitrogens with two attached hydrogens (primary N) is 2. The van der Waals surface area contributed by atoms with E-state index in [0.717, 1.165) is 12.0 Å². The first-order valence-electron chi connectivity index (χ1n) is 10.3. The largest absolute Gasteiger partial charge is 0.366 e. The minimum atomic E-state index is -0.744. The van der Waals surface area contributed by atoms with E-state index < -0.39 is 18.0 Å². The lowest BCUT2D eigenvalue weighted by molar-refractivity contribution is -0.139. The average Bonchev–Trinajstić information content (AvgIpc) is 3.44. The first-order valence-corrected chi connectivity index (χ1v) is 10.3. The van der Waals surface area contributed by atoms with E-state index in [-0.39, 0.29) is 23.9 Å². The molecule has 9 heteroatoms. The van der Waals surface area contributed by atoms with Crippen molar-refractivity contribution in [2.45, 2.75) is 50.0 Å². The highest BCUT2D eigenvalue weighted by Crippen LogP contribution is 2.33. The number of primary amides is 1. The van der Waals surface area contributed by atoms with Crippen molar-refractivity contribution in [1.82, 2.24) is 14.7 Å². The predicted molar refractivity (Wildman–Crippen MR) is 108 cm³/mol. The van der Waals surface area contributed by atoms with E-state index in [1.165, 1.54) is 0 Å². The molecule has 4 atom stereocenters. The van der Waals surface area contributed by atoms with Gasteiger partial charge in [0.15, 0.2) is 0 Å².